The molecular formula is C16H20N4O2S2. The number of carbonyl (C=O) groups excluding carboxylic acids is 1. The summed E-state index contributed by atoms with van der Waals surface area (Å²) in [6.45, 7) is 6.73. The Bertz CT molecular complexity index is 716. The van der Waals surface area contributed by atoms with Gasteiger partial charge >= 0.3 is 0 Å². The molecule has 0 radical (unpaired) electrons. The van der Waals surface area contributed by atoms with Gasteiger partial charge in [-0.2, -0.15) is 0 Å². The Balaban J connectivity index is 1.93. The lowest BCUT2D eigenvalue weighted by molar-refractivity contribution is 0.0977. The topological polar surface area (TPSA) is 76.1 Å². The van der Waals surface area contributed by atoms with Gasteiger partial charge in [0, 0.05) is 5.56 Å². The van der Waals surface area contributed by atoms with E-state index in [1.54, 1.807) is 18.2 Å². The first-order chi connectivity index (χ1) is 11.5. The summed E-state index contributed by atoms with van der Waals surface area (Å²) in [5.74, 6) is 0.772. The molecule has 0 unspecified atom stereocenters. The van der Waals surface area contributed by atoms with Crippen LogP contribution in [0.5, 0.6) is 5.75 Å². The molecule has 1 aromatic heterocycles. The van der Waals surface area contributed by atoms with Crippen LogP contribution < -0.4 is 15.4 Å². The van der Waals surface area contributed by atoms with E-state index in [4.69, 9.17) is 17.0 Å². The van der Waals surface area contributed by atoms with E-state index >= 15 is 0 Å². The number of aromatic nitrogens is 2. The molecule has 2 rings (SSSR count). The molecule has 6 nitrogen and oxygen atoms in total. The molecule has 0 fully saturated rings. The van der Waals surface area contributed by atoms with E-state index in [1.807, 2.05) is 13.0 Å². The van der Waals surface area contributed by atoms with Gasteiger partial charge in [0.15, 0.2) is 5.11 Å². The minimum Gasteiger partial charge on any atom is -0.493 e. The van der Waals surface area contributed by atoms with Crippen LogP contribution in [0.25, 0.3) is 0 Å². The molecule has 0 atom stereocenters. The van der Waals surface area contributed by atoms with Crippen molar-refractivity contribution in [2.24, 2.45) is 5.92 Å². The SMILES string of the molecule is CCc1nnc(NC(=S)NC(=O)c2cccc(OCC(C)C)c2)s1. The molecule has 0 saturated heterocycles. The van der Waals surface area contributed by atoms with E-state index in [9.17, 15) is 4.79 Å². The van der Waals surface area contributed by atoms with Crippen LogP contribution in [0.2, 0.25) is 0 Å². The zero-order chi connectivity index (χ0) is 17.5. The number of carbonyl (C=O) groups is 1. The molecule has 0 aliphatic rings. The highest BCUT2D eigenvalue weighted by Gasteiger charge is 2.11. The Labute approximate surface area is 150 Å². The first-order valence-corrected chi connectivity index (χ1v) is 8.88. The Morgan fingerprint density at radius 1 is 1.38 bits per heavy atom. The maximum absolute atomic E-state index is 12.3. The monoisotopic (exact) mass is 364 g/mol. The number of thiocarbonyl (C=S) groups is 1. The molecule has 0 aliphatic carbocycles. The maximum atomic E-state index is 12.3. The molecule has 0 bridgehead atoms. The predicted molar refractivity (Wildman–Crippen MR) is 99.7 cm³/mol. The number of amides is 1. The van der Waals surface area contributed by atoms with Crippen molar-refractivity contribution < 1.29 is 9.53 Å². The second-order valence-corrected chi connectivity index (χ2v) is 6.97. The smallest absolute Gasteiger partial charge is 0.257 e. The van der Waals surface area contributed by atoms with Gasteiger partial charge in [0.2, 0.25) is 5.13 Å². The van der Waals surface area contributed by atoms with Crippen molar-refractivity contribution in [3.05, 3.63) is 34.8 Å². The Kier molecular flexibility index (Phi) is 6.62. The van der Waals surface area contributed by atoms with Crippen molar-refractivity contribution in [3.8, 4) is 5.75 Å². The van der Waals surface area contributed by atoms with Crippen LogP contribution >= 0.6 is 23.6 Å². The number of aryl methyl sites for hydroxylation is 1. The van der Waals surface area contributed by atoms with Gasteiger partial charge in [-0.05, 0) is 42.8 Å². The van der Waals surface area contributed by atoms with Crippen LogP contribution in [0.3, 0.4) is 0 Å². The molecule has 2 aromatic rings. The number of benzene rings is 1. The van der Waals surface area contributed by atoms with Gasteiger partial charge in [-0.15, -0.1) is 10.2 Å². The third kappa shape index (κ3) is 5.54. The Hall–Kier alpha value is -2.06. The fourth-order valence-electron chi connectivity index (χ4n) is 1.74. The second kappa shape index (κ2) is 8.70. The summed E-state index contributed by atoms with van der Waals surface area (Å²) < 4.78 is 5.63. The van der Waals surface area contributed by atoms with Crippen molar-refractivity contribution in [1.82, 2.24) is 15.5 Å². The van der Waals surface area contributed by atoms with Gasteiger partial charge in [-0.1, -0.05) is 38.2 Å². The van der Waals surface area contributed by atoms with Gasteiger partial charge in [0.05, 0.1) is 6.61 Å². The first-order valence-electron chi connectivity index (χ1n) is 7.65. The number of anilines is 1. The molecule has 0 saturated carbocycles. The van der Waals surface area contributed by atoms with E-state index in [1.165, 1.54) is 11.3 Å². The zero-order valence-electron chi connectivity index (χ0n) is 13.8. The maximum Gasteiger partial charge on any atom is 0.257 e. The van der Waals surface area contributed by atoms with E-state index in [0.29, 0.717) is 29.0 Å². The van der Waals surface area contributed by atoms with Gasteiger partial charge in [0.25, 0.3) is 5.91 Å². The summed E-state index contributed by atoms with van der Waals surface area (Å²) in [5.41, 5.74) is 0.479. The second-order valence-electron chi connectivity index (χ2n) is 5.50. The fraction of sp³-hybridized carbons (Fsp3) is 0.375. The number of ether oxygens (including phenoxy) is 1. The summed E-state index contributed by atoms with van der Waals surface area (Å²) in [7, 11) is 0. The van der Waals surface area contributed by atoms with Crippen LogP contribution in [0.4, 0.5) is 5.13 Å². The standard InChI is InChI=1S/C16H20N4O2S2/c1-4-13-19-20-16(24-13)18-15(23)17-14(21)11-6-5-7-12(8-11)22-9-10(2)3/h5-8,10H,4,9H2,1-3H3,(H2,17,18,20,21,23). The summed E-state index contributed by atoms with van der Waals surface area (Å²) in [4.78, 5) is 12.3. The molecule has 24 heavy (non-hydrogen) atoms. The highest BCUT2D eigenvalue weighted by molar-refractivity contribution is 7.80. The molecule has 2 N–H and O–H groups in total. The van der Waals surface area contributed by atoms with Crippen molar-refractivity contribution in [1.29, 1.82) is 0 Å². The van der Waals surface area contributed by atoms with Crippen molar-refractivity contribution >= 4 is 39.7 Å². The molecule has 1 heterocycles. The third-order valence-corrected chi connectivity index (χ3v) is 4.08. The van der Waals surface area contributed by atoms with Crippen LogP contribution in [0.1, 0.15) is 36.1 Å². The minimum absolute atomic E-state index is 0.187. The quantitative estimate of drug-likeness (QED) is 0.766. The zero-order valence-corrected chi connectivity index (χ0v) is 15.5. The average Bonchev–Trinajstić information content (AvgIpc) is 3.00. The van der Waals surface area contributed by atoms with E-state index in [-0.39, 0.29) is 11.0 Å². The lowest BCUT2D eigenvalue weighted by atomic mass is 10.2. The third-order valence-electron chi connectivity index (χ3n) is 2.90. The van der Waals surface area contributed by atoms with Gasteiger partial charge < -0.3 is 10.1 Å². The van der Waals surface area contributed by atoms with Gasteiger partial charge in [0.1, 0.15) is 10.8 Å². The van der Waals surface area contributed by atoms with Gasteiger partial charge in [-0.3, -0.25) is 10.1 Å². The summed E-state index contributed by atoms with van der Waals surface area (Å²) in [5, 5.41) is 15.1. The number of hydrogen-bond acceptors (Lipinski definition) is 6. The largest absolute Gasteiger partial charge is 0.493 e. The van der Waals surface area contributed by atoms with Crippen molar-refractivity contribution in [2.75, 3.05) is 11.9 Å². The number of nitrogens with zero attached hydrogens (tertiary/aromatic N) is 2. The van der Waals surface area contributed by atoms with Crippen molar-refractivity contribution in [3.63, 3.8) is 0 Å². The summed E-state index contributed by atoms with van der Waals surface area (Å²) in [6, 6.07) is 7.00. The highest BCUT2D eigenvalue weighted by Crippen LogP contribution is 2.16. The highest BCUT2D eigenvalue weighted by atomic mass is 32.1. The number of rotatable bonds is 6. The molecular weight excluding hydrogens is 344 g/mol. The molecule has 128 valence electrons. The van der Waals surface area contributed by atoms with Crippen LogP contribution in [-0.2, 0) is 6.42 Å². The van der Waals surface area contributed by atoms with E-state index < -0.39 is 0 Å². The van der Waals surface area contributed by atoms with E-state index in [0.717, 1.165) is 11.4 Å². The van der Waals surface area contributed by atoms with Crippen molar-refractivity contribution in [2.45, 2.75) is 27.2 Å². The van der Waals surface area contributed by atoms with Crippen LogP contribution in [0.15, 0.2) is 24.3 Å². The van der Waals surface area contributed by atoms with Crippen LogP contribution in [0, 0.1) is 5.92 Å². The normalized spacial score (nSPS) is 10.5. The summed E-state index contributed by atoms with van der Waals surface area (Å²) >= 11 is 6.54. The number of nitrogens with one attached hydrogen (secondary N) is 2. The lowest BCUT2D eigenvalue weighted by Crippen LogP contribution is -2.34. The number of hydrogen-bond donors (Lipinski definition) is 2. The molecule has 8 heteroatoms. The lowest BCUT2D eigenvalue weighted by Gasteiger charge is -2.10. The van der Waals surface area contributed by atoms with Crippen LogP contribution in [-0.4, -0.2) is 27.8 Å². The molecule has 0 spiro atoms. The molecule has 1 amide bonds. The molecule has 1 aromatic carbocycles. The Morgan fingerprint density at radius 3 is 2.83 bits per heavy atom. The minimum atomic E-state index is -0.303. The summed E-state index contributed by atoms with van der Waals surface area (Å²) in [6.07, 6.45) is 0.807. The molecule has 0 aliphatic heterocycles. The first kappa shape index (κ1) is 18.3. The van der Waals surface area contributed by atoms with E-state index in [2.05, 4.69) is 34.7 Å². The average molecular weight is 364 g/mol. The Morgan fingerprint density at radius 2 is 2.17 bits per heavy atom. The van der Waals surface area contributed by atoms with Gasteiger partial charge in [-0.25, -0.2) is 0 Å². The predicted octanol–water partition coefficient (Wildman–Crippen LogP) is 3.26. The fourth-order valence-corrected chi connectivity index (χ4v) is 2.68.